The third kappa shape index (κ3) is 4.92. The molecule has 0 spiro atoms. The molecular formula is C24H24N6O2. The molecule has 0 radical (unpaired) electrons. The molecule has 0 aliphatic carbocycles. The van der Waals surface area contributed by atoms with Crippen molar-refractivity contribution >= 4 is 18.1 Å². The van der Waals surface area contributed by atoms with Crippen molar-refractivity contribution in [3.05, 3.63) is 84.4 Å². The summed E-state index contributed by atoms with van der Waals surface area (Å²) in [6.45, 7) is 0. The Balaban J connectivity index is 1.58. The number of amides is 1. The number of nitrogens with one attached hydrogen (secondary N) is 1. The topological polar surface area (TPSA) is 97.3 Å². The number of anilines is 1. The van der Waals surface area contributed by atoms with Crippen molar-refractivity contribution in [2.75, 3.05) is 5.32 Å². The predicted octanol–water partition coefficient (Wildman–Crippen LogP) is 4.31. The van der Waals surface area contributed by atoms with Gasteiger partial charge in [-0.1, -0.05) is 30.3 Å². The van der Waals surface area contributed by atoms with Gasteiger partial charge in [-0.05, 0) is 49.1 Å². The standard InChI is InChI=1S/C24H24N6O2/c1-29-16-20(15-25-29)18-8-7-9-19(14-18)23(31)28-24-27-21(10-5-6-13-26-32)17-30(24)22-11-3-2-4-12-22/h2-4,7-9,11-17,32H,5-6,10H2,1H3,(H,27,28,31). The molecule has 2 aromatic heterocycles. The number of unbranched alkanes of at least 4 members (excludes halogenated alkanes) is 1. The van der Waals surface area contributed by atoms with E-state index in [0.717, 1.165) is 28.9 Å². The lowest BCUT2D eigenvalue weighted by molar-refractivity contribution is 0.102. The van der Waals surface area contributed by atoms with Gasteiger partial charge in [-0.2, -0.15) is 5.10 Å². The van der Waals surface area contributed by atoms with Gasteiger partial charge in [-0.15, -0.1) is 5.16 Å². The second-order valence-electron chi connectivity index (χ2n) is 7.39. The highest BCUT2D eigenvalue weighted by atomic mass is 16.4. The van der Waals surface area contributed by atoms with Crippen molar-refractivity contribution in [1.82, 2.24) is 19.3 Å². The van der Waals surface area contributed by atoms with Crippen molar-refractivity contribution in [3.63, 3.8) is 0 Å². The van der Waals surface area contributed by atoms with E-state index in [1.54, 1.807) is 16.9 Å². The largest absolute Gasteiger partial charge is 0.411 e. The lowest BCUT2D eigenvalue weighted by Crippen LogP contribution is -2.15. The highest BCUT2D eigenvalue weighted by molar-refractivity contribution is 6.04. The van der Waals surface area contributed by atoms with Crippen LogP contribution in [0, 0.1) is 0 Å². The third-order valence-corrected chi connectivity index (χ3v) is 5.03. The van der Waals surface area contributed by atoms with Gasteiger partial charge in [0.15, 0.2) is 0 Å². The smallest absolute Gasteiger partial charge is 0.258 e. The fourth-order valence-electron chi connectivity index (χ4n) is 3.44. The van der Waals surface area contributed by atoms with Crippen molar-refractivity contribution in [2.24, 2.45) is 12.2 Å². The van der Waals surface area contributed by atoms with Crippen molar-refractivity contribution < 1.29 is 10.0 Å². The summed E-state index contributed by atoms with van der Waals surface area (Å²) >= 11 is 0. The van der Waals surface area contributed by atoms with E-state index in [2.05, 4.69) is 20.6 Å². The molecule has 0 atom stereocenters. The van der Waals surface area contributed by atoms with Crippen LogP contribution in [-0.2, 0) is 13.5 Å². The number of oxime groups is 1. The van der Waals surface area contributed by atoms with Gasteiger partial charge in [0.2, 0.25) is 5.95 Å². The number of para-hydroxylation sites is 1. The zero-order valence-corrected chi connectivity index (χ0v) is 17.7. The van der Waals surface area contributed by atoms with E-state index in [-0.39, 0.29) is 5.91 Å². The predicted molar refractivity (Wildman–Crippen MR) is 123 cm³/mol. The Hall–Kier alpha value is -4.20. The molecule has 0 saturated heterocycles. The Morgan fingerprint density at radius 2 is 1.97 bits per heavy atom. The summed E-state index contributed by atoms with van der Waals surface area (Å²) in [6.07, 6.45) is 9.21. The summed E-state index contributed by atoms with van der Waals surface area (Å²) in [5.74, 6) is 0.219. The highest BCUT2D eigenvalue weighted by Crippen LogP contribution is 2.22. The van der Waals surface area contributed by atoms with E-state index in [0.29, 0.717) is 24.4 Å². The second kappa shape index (κ2) is 9.74. The molecule has 4 rings (SSSR count). The molecule has 8 nitrogen and oxygen atoms in total. The number of aromatic nitrogens is 4. The summed E-state index contributed by atoms with van der Waals surface area (Å²) in [6, 6.07) is 17.2. The van der Waals surface area contributed by atoms with E-state index in [1.807, 2.05) is 72.5 Å². The molecule has 162 valence electrons. The number of nitrogens with zero attached hydrogens (tertiary/aromatic N) is 5. The molecule has 32 heavy (non-hydrogen) atoms. The van der Waals surface area contributed by atoms with Crippen LogP contribution in [0.15, 0.2) is 78.3 Å². The first-order chi connectivity index (χ1) is 15.6. The van der Waals surface area contributed by atoms with Gasteiger partial charge in [0.05, 0.1) is 11.9 Å². The molecule has 0 unspecified atom stereocenters. The zero-order valence-electron chi connectivity index (χ0n) is 17.7. The Bertz CT molecular complexity index is 1230. The molecule has 2 aromatic carbocycles. The summed E-state index contributed by atoms with van der Waals surface area (Å²) in [5.41, 5.74) is 4.15. The van der Waals surface area contributed by atoms with Crippen LogP contribution in [0.5, 0.6) is 0 Å². The van der Waals surface area contributed by atoms with Crippen molar-refractivity contribution in [1.29, 1.82) is 0 Å². The first-order valence-corrected chi connectivity index (χ1v) is 10.3. The second-order valence-corrected chi connectivity index (χ2v) is 7.39. The molecule has 4 aromatic rings. The van der Waals surface area contributed by atoms with E-state index < -0.39 is 0 Å². The fourth-order valence-corrected chi connectivity index (χ4v) is 3.44. The van der Waals surface area contributed by atoms with Crippen LogP contribution < -0.4 is 5.32 Å². The van der Waals surface area contributed by atoms with Gasteiger partial charge in [0, 0.05) is 42.5 Å². The lowest BCUT2D eigenvalue weighted by atomic mass is 10.1. The number of aryl methyl sites for hydroxylation is 2. The Kier molecular flexibility index (Phi) is 6.41. The number of carbonyl (C=O) groups excluding carboxylic acids is 1. The number of benzene rings is 2. The first-order valence-electron chi connectivity index (χ1n) is 10.3. The molecule has 2 heterocycles. The summed E-state index contributed by atoms with van der Waals surface area (Å²) in [7, 11) is 1.86. The minimum absolute atomic E-state index is 0.238. The molecule has 8 heteroatoms. The number of imidazole rings is 1. The van der Waals surface area contributed by atoms with Gasteiger partial charge in [-0.25, -0.2) is 4.98 Å². The molecule has 0 aliphatic rings. The van der Waals surface area contributed by atoms with Gasteiger partial charge in [0.1, 0.15) is 0 Å². The summed E-state index contributed by atoms with van der Waals surface area (Å²) in [5, 5.41) is 18.7. The number of rotatable bonds is 8. The third-order valence-electron chi connectivity index (χ3n) is 5.03. The van der Waals surface area contributed by atoms with Crippen LogP contribution >= 0.6 is 0 Å². The molecule has 0 bridgehead atoms. The van der Waals surface area contributed by atoms with Crippen LogP contribution in [-0.4, -0.2) is 36.7 Å². The van der Waals surface area contributed by atoms with Gasteiger partial charge in [-0.3, -0.25) is 19.4 Å². The van der Waals surface area contributed by atoms with Gasteiger partial charge < -0.3 is 5.21 Å². The van der Waals surface area contributed by atoms with E-state index in [9.17, 15) is 4.79 Å². The molecule has 0 saturated carbocycles. The maximum atomic E-state index is 13.1. The minimum Gasteiger partial charge on any atom is -0.411 e. The monoisotopic (exact) mass is 428 g/mol. The lowest BCUT2D eigenvalue weighted by Gasteiger charge is -2.09. The van der Waals surface area contributed by atoms with Crippen LogP contribution in [0.25, 0.3) is 16.8 Å². The van der Waals surface area contributed by atoms with Crippen LogP contribution in [0.2, 0.25) is 0 Å². The maximum absolute atomic E-state index is 13.1. The van der Waals surface area contributed by atoms with E-state index in [1.165, 1.54) is 6.21 Å². The van der Waals surface area contributed by atoms with Crippen LogP contribution in [0.3, 0.4) is 0 Å². The normalized spacial score (nSPS) is 11.2. The van der Waals surface area contributed by atoms with Gasteiger partial charge >= 0.3 is 0 Å². The Morgan fingerprint density at radius 1 is 1.12 bits per heavy atom. The van der Waals surface area contributed by atoms with Crippen LogP contribution in [0.1, 0.15) is 28.9 Å². The molecule has 2 N–H and O–H groups in total. The van der Waals surface area contributed by atoms with E-state index in [4.69, 9.17) is 5.21 Å². The SMILES string of the molecule is Cn1cc(-c2cccc(C(=O)Nc3nc(CCCC=NO)cn3-c3ccccc3)c2)cn1. The quantitative estimate of drug-likeness (QED) is 0.189. The molecular weight excluding hydrogens is 404 g/mol. The zero-order chi connectivity index (χ0) is 22.3. The van der Waals surface area contributed by atoms with Gasteiger partial charge in [0.25, 0.3) is 5.91 Å². The highest BCUT2D eigenvalue weighted by Gasteiger charge is 2.15. The maximum Gasteiger partial charge on any atom is 0.258 e. The van der Waals surface area contributed by atoms with E-state index >= 15 is 0 Å². The van der Waals surface area contributed by atoms with Crippen molar-refractivity contribution in [2.45, 2.75) is 19.3 Å². The molecule has 0 fully saturated rings. The average molecular weight is 428 g/mol. The number of carbonyl (C=O) groups is 1. The first kappa shape index (κ1) is 21.0. The Morgan fingerprint density at radius 3 is 2.72 bits per heavy atom. The summed E-state index contributed by atoms with van der Waals surface area (Å²) in [4.78, 5) is 17.7. The molecule has 0 aliphatic heterocycles. The fraction of sp³-hybridized carbons (Fsp3) is 0.167. The minimum atomic E-state index is -0.238. The van der Waals surface area contributed by atoms with Crippen LogP contribution in [0.4, 0.5) is 5.95 Å². The number of hydrogen-bond acceptors (Lipinski definition) is 5. The average Bonchev–Trinajstić information content (AvgIpc) is 3.43. The Labute approximate surface area is 185 Å². The van der Waals surface area contributed by atoms with Crippen molar-refractivity contribution in [3.8, 4) is 16.8 Å². The summed E-state index contributed by atoms with van der Waals surface area (Å²) < 4.78 is 3.60. The molecule has 1 amide bonds. The number of hydrogen-bond donors (Lipinski definition) is 2.